The zero-order chi connectivity index (χ0) is 20.2. The largest absolute Gasteiger partial charge is 0.468 e. The third-order valence-corrected chi connectivity index (χ3v) is 4.70. The molecule has 0 unspecified atom stereocenters. The summed E-state index contributed by atoms with van der Waals surface area (Å²) >= 11 is 0. The van der Waals surface area contributed by atoms with Crippen LogP contribution >= 0.6 is 0 Å². The molecule has 29 heavy (non-hydrogen) atoms. The van der Waals surface area contributed by atoms with E-state index < -0.39 is 0 Å². The molecule has 0 amide bonds. The number of pyridine rings is 1. The zero-order valence-electron chi connectivity index (χ0n) is 16.5. The van der Waals surface area contributed by atoms with E-state index in [1.54, 1.807) is 20.2 Å². The molecular weight excluding hydrogens is 370 g/mol. The minimum absolute atomic E-state index is 0.174. The molecule has 150 valence electrons. The van der Waals surface area contributed by atoms with Crippen molar-refractivity contribution >= 4 is 22.6 Å². The second kappa shape index (κ2) is 8.50. The lowest BCUT2D eigenvalue weighted by Crippen LogP contribution is -2.37. The summed E-state index contributed by atoms with van der Waals surface area (Å²) in [4.78, 5) is 16.4. The van der Waals surface area contributed by atoms with E-state index in [0.717, 1.165) is 35.6 Å². The first-order valence-electron chi connectivity index (χ1n) is 9.44. The molecule has 4 rings (SSSR count). The minimum Gasteiger partial charge on any atom is -0.468 e. The first kappa shape index (κ1) is 19.2. The summed E-state index contributed by atoms with van der Waals surface area (Å²) in [7, 11) is 1.58. The van der Waals surface area contributed by atoms with Gasteiger partial charge in [0, 0.05) is 43.2 Å². The molecule has 0 aliphatic carbocycles. The fourth-order valence-electron chi connectivity index (χ4n) is 3.18. The maximum absolute atomic E-state index is 7.93. The summed E-state index contributed by atoms with van der Waals surface area (Å²) < 4.78 is 16.0. The van der Waals surface area contributed by atoms with Gasteiger partial charge in [0.2, 0.25) is 0 Å². The number of fused-ring (bicyclic) bond motifs is 1. The molecule has 1 aromatic carbocycles. The van der Waals surface area contributed by atoms with Gasteiger partial charge in [0.1, 0.15) is 11.3 Å². The van der Waals surface area contributed by atoms with Gasteiger partial charge in [-0.05, 0) is 25.1 Å². The highest BCUT2D eigenvalue weighted by Gasteiger charge is 2.19. The lowest BCUT2D eigenvalue weighted by atomic mass is 10.1. The Morgan fingerprint density at radius 2 is 2.03 bits per heavy atom. The Kier molecular flexibility index (Phi) is 5.64. The van der Waals surface area contributed by atoms with Crippen molar-refractivity contribution in [3.8, 4) is 17.1 Å². The molecular formula is C21H23N5O3. The average molecular weight is 393 g/mol. The predicted octanol–water partition coefficient (Wildman–Crippen LogP) is 2.90. The van der Waals surface area contributed by atoms with Gasteiger partial charge in [-0.25, -0.2) is 15.0 Å². The van der Waals surface area contributed by atoms with Crippen LogP contribution in [0, 0.1) is 5.41 Å². The van der Waals surface area contributed by atoms with Gasteiger partial charge in [-0.2, -0.15) is 0 Å². The van der Waals surface area contributed by atoms with E-state index in [4.69, 9.17) is 29.6 Å². The SMILES string of the molecule is COCOc1cccc(-c2nc(N3CCOCC3)c3ncc(C(C)=N)cc3n2)c1. The van der Waals surface area contributed by atoms with Crippen molar-refractivity contribution in [3.05, 3.63) is 42.1 Å². The highest BCUT2D eigenvalue weighted by atomic mass is 16.7. The molecule has 2 aromatic heterocycles. The maximum Gasteiger partial charge on any atom is 0.188 e. The van der Waals surface area contributed by atoms with Crippen molar-refractivity contribution in [1.82, 2.24) is 15.0 Å². The molecule has 1 aliphatic heterocycles. The number of nitrogens with one attached hydrogen (secondary N) is 1. The lowest BCUT2D eigenvalue weighted by Gasteiger charge is -2.28. The van der Waals surface area contributed by atoms with Crippen molar-refractivity contribution in [3.63, 3.8) is 0 Å². The Bertz CT molecular complexity index is 1030. The van der Waals surface area contributed by atoms with Crippen LogP contribution in [-0.4, -0.2) is 60.9 Å². The second-order valence-corrected chi connectivity index (χ2v) is 6.77. The summed E-state index contributed by atoms with van der Waals surface area (Å²) in [5.41, 5.74) is 3.47. The zero-order valence-corrected chi connectivity index (χ0v) is 16.5. The van der Waals surface area contributed by atoms with Crippen molar-refractivity contribution < 1.29 is 14.2 Å². The molecule has 1 N–H and O–H groups in total. The number of morpholine rings is 1. The Hall–Kier alpha value is -3.10. The molecule has 0 bridgehead atoms. The van der Waals surface area contributed by atoms with Crippen LogP contribution in [0.15, 0.2) is 36.5 Å². The normalized spacial score (nSPS) is 14.2. The number of aromatic nitrogens is 3. The smallest absolute Gasteiger partial charge is 0.188 e. The maximum atomic E-state index is 7.93. The van der Waals surface area contributed by atoms with Crippen LogP contribution in [-0.2, 0) is 9.47 Å². The number of ether oxygens (including phenoxy) is 3. The molecule has 0 atom stereocenters. The first-order valence-corrected chi connectivity index (χ1v) is 9.44. The Morgan fingerprint density at radius 1 is 1.21 bits per heavy atom. The first-order chi connectivity index (χ1) is 14.2. The van der Waals surface area contributed by atoms with Gasteiger partial charge >= 0.3 is 0 Å². The molecule has 3 heterocycles. The fourth-order valence-corrected chi connectivity index (χ4v) is 3.18. The number of benzene rings is 1. The molecule has 3 aromatic rings. The lowest BCUT2D eigenvalue weighted by molar-refractivity contribution is 0.0511. The van der Waals surface area contributed by atoms with E-state index >= 15 is 0 Å². The summed E-state index contributed by atoms with van der Waals surface area (Å²) in [5.74, 6) is 2.05. The van der Waals surface area contributed by atoms with Crippen molar-refractivity contribution in [2.24, 2.45) is 0 Å². The van der Waals surface area contributed by atoms with E-state index in [1.165, 1.54) is 0 Å². The topological polar surface area (TPSA) is 93.5 Å². The Labute approximate surface area is 169 Å². The van der Waals surface area contributed by atoms with Gasteiger partial charge in [-0.1, -0.05) is 12.1 Å². The minimum atomic E-state index is 0.174. The van der Waals surface area contributed by atoms with Crippen LogP contribution in [0.5, 0.6) is 5.75 Å². The molecule has 8 heteroatoms. The summed E-state index contributed by atoms with van der Waals surface area (Å²) in [6.45, 7) is 4.71. The van der Waals surface area contributed by atoms with Gasteiger partial charge < -0.3 is 24.5 Å². The van der Waals surface area contributed by atoms with E-state index in [9.17, 15) is 0 Å². The summed E-state index contributed by atoms with van der Waals surface area (Å²) in [5, 5.41) is 7.93. The van der Waals surface area contributed by atoms with Crippen molar-refractivity contribution in [2.45, 2.75) is 6.92 Å². The fraction of sp³-hybridized carbons (Fsp3) is 0.333. The van der Waals surface area contributed by atoms with E-state index in [-0.39, 0.29) is 6.79 Å². The standard InChI is InChI=1S/C21H23N5O3/c1-14(22)16-11-18-19(23-12-16)21(26-6-8-28-9-7-26)25-20(24-18)15-4-3-5-17(10-15)29-13-27-2/h3-5,10-12,22H,6-9,13H2,1-2H3. The third kappa shape index (κ3) is 4.18. The molecule has 1 saturated heterocycles. The van der Waals surface area contributed by atoms with Gasteiger partial charge in [0.15, 0.2) is 18.4 Å². The van der Waals surface area contributed by atoms with Crippen LogP contribution in [0.3, 0.4) is 0 Å². The van der Waals surface area contributed by atoms with Crippen LogP contribution in [0.1, 0.15) is 12.5 Å². The molecule has 1 aliphatic rings. The van der Waals surface area contributed by atoms with Gasteiger partial charge in [-0.15, -0.1) is 0 Å². The van der Waals surface area contributed by atoms with Crippen LogP contribution in [0.2, 0.25) is 0 Å². The van der Waals surface area contributed by atoms with Gasteiger partial charge in [0.25, 0.3) is 0 Å². The third-order valence-electron chi connectivity index (χ3n) is 4.70. The second-order valence-electron chi connectivity index (χ2n) is 6.77. The summed E-state index contributed by atoms with van der Waals surface area (Å²) in [6, 6.07) is 9.50. The van der Waals surface area contributed by atoms with Crippen LogP contribution in [0.4, 0.5) is 5.82 Å². The molecule has 0 spiro atoms. The highest BCUT2D eigenvalue weighted by molar-refractivity contribution is 5.99. The number of rotatable bonds is 6. The van der Waals surface area contributed by atoms with Gasteiger partial charge in [-0.3, -0.25) is 0 Å². The van der Waals surface area contributed by atoms with Crippen molar-refractivity contribution in [1.29, 1.82) is 5.41 Å². The number of hydrogen-bond donors (Lipinski definition) is 1. The molecule has 8 nitrogen and oxygen atoms in total. The van der Waals surface area contributed by atoms with E-state index in [1.807, 2.05) is 30.3 Å². The Morgan fingerprint density at radius 3 is 2.79 bits per heavy atom. The number of methoxy groups -OCH3 is 1. The quantitative estimate of drug-likeness (QED) is 0.508. The van der Waals surface area contributed by atoms with Crippen LogP contribution < -0.4 is 9.64 Å². The number of anilines is 1. The van der Waals surface area contributed by atoms with Crippen molar-refractivity contribution in [2.75, 3.05) is 45.1 Å². The van der Waals surface area contributed by atoms with E-state index in [2.05, 4.69) is 9.88 Å². The van der Waals surface area contributed by atoms with Crippen LogP contribution in [0.25, 0.3) is 22.4 Å². The Balaban J connectivity index is 1.84. The summed E-state index contributed by atoms with van der Waals surface area (Å²) in [6.07, 6.45) is 1.71. The molecule has 0 saturated carbocycles. The number of hydrogen-bond acceptors (Lipinski definition) is 8. The molecule has 0 radical (unpaired) electrons. The predicted molar refractivity (Wildman–Crippen MR) is 111 cm³/mol. The van der Waals surface area contributed by atoms with Gasteiger partial charge in [0.05, 0.1) is 18.7 Å². The average Bonchev–Trinajstić information content (AvgIpc) is 2.77. The monoisotopic (exact) mass is 393 g/mol. The highest BCUT2D eigenvalue weighted by Crippen LogP contribution is 2.29. The number of nitrogens with zero attached hydrogens (tertiary/aromatic N) is 4. The molecule has 1 fully saturated rings. The van der Waals surface area contributed by atoms with E-state index in [0.29, 0.717) is 36.0 Å².